The van der Waals surface area contributed by atoms with Gasteiger partial charge in [-0.2, -0.15) is 4.31 Å². The Morgan fingerprint density at radius 2 is 2.29 bits per heavy atom. The maximum atomic E-state index is 12.7. The average molecular weight is 334 g/mol. The van der Waals surface area contributed by atoms with Gasteiger partial charge in [-0.3, -0.25) is 4.79 Å². The Hall–Kier alpha value is -1.03. The number of ether oxygens (including phenoxy) is 1. The van der Waals surface area contributed by atoms with E-state index < -0.39 is 28.0 Å². The second-order valence-corrected chi connectivity index (χ2v) is 8.22. The minimum absolute atomic E-state index is 0.0391. The topological polar surface area (TPSA) is 96.8 Å². The van der Waals surface area contributed by atoms with Crippen LogP contribution in [-0.2, 0) is 19.6 Å². The first-order valence-corrected chi connectivity index (χ1v) is 8.88. The Morgan fingerprint density at radius 1 is 1.57 bits per heavy atom. The van der Waals surface area contributed by atoms with Crippen LogP contribution in [0.25, 0.3) is 0 Å². The van der Waals surface area contributed by atoms with E-state index in [9.17, 15) is 18.3 Å². The molecule has 1 aromatic rings. The Kier molecular flexibility index (Phi) is 4.97. The molecule has 1 aliphatic rings. The van der Waals surface area contributed by atoms with Gasteiger partial charge < -0.3 is 9.84 Å². The van der Waals surface area contributed by atoms with Gasteiger partial charge in [0.25, 0.3) is 10.0 Å². The van der Waals surface area contributed by atoms with Crippen molar-refractivity contribution in [3.63, 3.8) is 0 Å². The summed E-state index contributed by atoms with van der Waals surface area (Å²) in [5, 5.41) is 9.89. The maximum absolute atomic E-state index is 12.7. The lowest BCUT2D eigenvalue weighted by Crippen LogP contribution is -2.46. The molecule has 1 fully saturated rings. The van der Waals surface area contributed by atoms with E-state index in [-0.39, 0.29) is 24.0 Å². The van der Waals surface area contributed by atoms with Crippen molar-refractivity contribution in [2.45, 2.75) is 30.5 Å². The number of hydrogen-bond acceptors (Lipinski definition) is 6. The van der Waals surface area contributed by atoms with Crippen molar-refractivity contribution in [3.05, 3.63) is 11.2 Å². The molecule has 2 heterocycles. The predicted octanol–water partition coefficient (Wildman–Crippen LogP) is 0.952. The number of carboxylic acids is 1. The number of aliphatic carboxylic acids is 1. The van der Waals surface area contributed by atoms with Gasteiger partial charge in [0, 0.05) is 6.54 Å². The van der Waals surface area contributed by atoms with Crippen LogP contribution >= 0.6 is 11.3 Å². The molecule has 2 atom stereocenters. The number of nitrogens with zero attached hydrogens (tertiary/aromatic N) is 2. The van der Waals surface area contributed by atoms with Crippen molar-refractivity contribution in [1.82, 2.24) is 9.29 Å². The lowest BCUT2D eigenvalue weighted by atomic mass is 10.0. The maximum Gasteiger partial charge on any atom is 0.310 e. The molecular formula is C12H18N2O5S2. The van der Waals surface area contributed by atoms with Crippen LogP contribution < -0.4 is 0 Å². The fourth-order valence-electron chi connectivity index (χ4n) is 2.32. The van der Waals surface area contributed by atoms with Gasteiger partial charge in [-0.1, -0.05) is 6.92 Å². The van der Waals surface area contributed by atoms with Gasteiger partial charge >= 0.3 is 5.97 Å². The fraction of sp³-hybridized carbons (Fsp3) is 0.667. The molecule has 0 radical (unpaired) electrons. The summed E-state index contributed by atoms with van der Waals surface area (Å²) in [7, 11) is -3.75. The SMILES string of the molecule is CCCN(C1COCC1C(=O)O)S(=O)(=O)c1cnc(C)s1. The molecule has 1 saturated heterocycles. The van der Waals surface area contributed by atoms with Crippen molar-refractivity contribution in [3.8, 4) is 0 Å². The zero-order valence-electron chi connectivity index (χ0n) is 11.9. The largest absolute Gasteiger partial charge is 0.481 e. The van der Waals surface area contributed by atoms with Gasteiger partial charge in [0.05, 0.1) is 36.4 Å². The Labute approximate surface area is 127 Å². The van der Waals surface area contributed by atoms with Crippen LogP contribution in [0.5, 0.6) is 0 Å². The summed E-state index contributed by atoms with van der Waals surface area (Å²) in [5.41, 5.74) is 0. The number of rotatable bonds is 6. The summed E-state index contributed by atoms with van der Waals surface area (Å²) in [5.74, 6) is -1.87. The van der Waals surface area contributed by atoms with Gasteiger partial charge in [-0.25, -0.2) is 13.4 Å². The third-order valence-corrected chi connectivity index (χ3v) is 6.62. The highest BCUT2D eigenvalue weighted by Crippen LogP contribution is 2.29. The van der Waals surface area contributed by atoms with Gasteiger partial charge in [-0.05, 0) is 13.3 Å². The Balaban J connectivity index is 2.36. The molecule has 7 nitrogen and oxygen atoms in total. The van der Waals surface area contributed by atoms with E-state index in [2.05, 4.69) is 4.98 Å². The minimum atomic E-state index is -3.75. The predicted molar refractivity (Wildman–Crippen MR) is 76.8 cm³/mol. The normalized spacial score (nSPS) is 22.8. The van der Waals surface area contributed by atoms with Crippen LogP contribution in [0.3, 0.4) is 0 Å². The molecule has 0 bridgehead atoms. The Bertz CT molecular complexity index is 613. The van der Waals surface area contributed by atoms with Gasteiger partial charge in [0.1, 0.15) is 0 Å². The Morgan fingerprint density at radius 3 is 2.81 bits per heavy atom. The molecule has 1 aromatic heterocycles. The second kappa shape index (κ2) is 6.39. The van der Waals surface area contributed by atoms with E-state index in [1.54, 1.807) is 6.92 Å². The van der Waals surface area contributed by atoms with Crippen molar-refractivity contribution in [1.29, 1.82) is 0 Å². The number of hydrogen-bond donors (Lipinski definition) is 1. The third-order valence-electron chi connectivity index (χ3n) is 3.34. The summed E-state index contributed by atoms with van der Waals surface area (Å²) < 4.78 is 32.1. The monoisotopic (exact) mass is 334 g/mol. The number of carboxylic acid groups (broad SMARTS) is 1. The first-order chi connectivity index (χ1) is 9.87. The fourth-order valence-corrected chi connectivity index (χ4v) is 5.30. The first-order valence-electron chi connectivity index (χ1n) is 6.62. The molecule has 1 N–H and O–H groups in total. The van der Waals surface area contributed by atoms with Crippen molar-refractivity contribution < 1.29 is 23.1 Å². The van der Waals surface area contributed by atoms with Crippen molar-refractivity contribution in [2.24, 2.45) is 5.92 Å². The minimum Gasteiger partial charge on any atom is -0.481 e. The van der Waals surface area contributed by atoms with Gasteiger partial charge in [0.2, 0.25) is 0 Å². The zero-order valence-corrected chi connectivity index (χ0v) is 13.5. The first kappa shape index (κ1) is 16.3. The quantitative estimate of drug-likeness (QED) is 0.832. The molecule has 9 heteroatoms. The van der Waals surface area contributed by atoms with E-state index in [4.69, 9.17) is 4.74 Å². The summed E-state index contributed by atoms with van der Waals surface area (Å²) >= 11 is 1.09. The number of sulfonamides is 1. The van der Waals surface area contributed by atoms with Crippen molar-refractivity contribution >= 4 is 27.3 Å². The molecule has 21 heavy (non-hydrogen) atoms. The summed E-state index contributed by atoms with van der Waals surface area (Å²) in [4.78, 5) is 15.2. The standard InChI is InChI=1S/C12H18N2O5S2/c1-3-4-14(10-7-19-6-9(10)12(15)16)21(17,18)11-5-13-8(2)20-11/h5,9-10H,3-4,6-7H2,1-2H3,(H,15,16). The van der Waals surface area contributed by atoms with E-state index >= 15 is 0 Å². The highest BCUT2D eigenvalue weighted by molar-refractivity contribution is 7.91. The molecule has 0 aromatic carbocycles. The smallest absolute Gasteiger partial charge is 0.310 e. The lowest BCUT2D eigenvalue weighted by molar-refractivity contribution is -0.142. The van der Waals surface area contributed by atoms with Crippen LogP contribution in [0, 0.1) is 12.8 Å². The molecular weight excluding hydrogens is 316 g/mol. The van der Waals surface area contributed by atoms with Crippen LogP contribution in [0.15, 0.2) is 10.4 Å². The van der Waals surface area contributed by atoms with E-state index in [1.165, 1.54) is 10.5 Å². The number of carbonyl (C=O) groups is 1. The van der Waals surface area contributed by atoms with Crippen LogP contribution in [-0.4, -0.2) is 54.6 Å². The molecule has 118 valence electrons. The van der Waals surface area contributed by atoms with Gasteiger partial charge in [0.15, 0.2) is 4.21 Å². The lowest BCUT2D eigenvalue weighted by Gasteiger charge is -2.28. The second-order valence-electron chi connectivity index (χ2n) is 4.86. The highest BCUT2D eigenvalue weighted by Gasteiger charge is 2.43. The molecule has 0 spiro atoms. The van der Waals surface area contributed by atoms with Gasteiger partial charge in [-0.15, -0.1) is 11.3 Å². The highest BCUT2D eigenvalue weighted by atomic mass is 32.2. The summed E-state index contributed by atoms with van der Waals surface area (Å²) in [6.45, 7) is 3.99. The van der Waals surface area contributed by atoms with Crippen molar-refractivity contribution in [2.75, 3.05) is 19.8 Å². The summed E-state index contributed by atoms with van der Waals surface area (Å²) in [6.07, 6.45) is 1.92. The summed E-state index contributed by atoms with van der Waals surface area (Å²) in [6, 6.07) is -0.671. The van der Waals surface area contributed by atoms with Crippen LogP contribution in [0.4, 0.5) is 0 Å². The number of thiazole rings is 1. The van der Waals surface area contributed by atoms with E-state index in [0.29, 0.717) is 11.4 Å². The number of aryl methyl sites for hydroxylation is 1. The third kappa shape index (κ3) is 3.25. The molecule has 2 unspecified atom stereocenters. The van der Waals surface area contributed by atoms with E-state index in [0.717, 1.165) is 11.3 Å². The molecule has 0 aliphatic carbocycles. The molecule has 1 aliphatic heterocycles. The van der Waals surface area contributed by atoms with E-state index in [1.807, 2.05) is 6.92 Å². The zero-order chi connectivity index (χ0) is 15.6. The average Bonchev–Trinajstić information content (AvgIpc) is 3.04. The molecule has 0 saturated carbocycles. The molecule has 0 amide bonds. The number of aromatic nitrogens is 1. The molecule has 2 rings (SSSR count). The van der Waals surface area contributed by atoms with Crippen LogP contribution in [0.2, 0.25) is 0 Å². The van der Waals surface area contributed by atoms with Crippen LogP contribution in [0.1, 0.15) is 18.4 Å².